The second-order valence-electron chi connectivity index (χ2n) is 10.8. The lowest BCUT2D eigenvalue weighted by Gasteiger charge is -2.08. The maximum atomic E-state index is 5.17. The molecule has 0 aliphatic carbocycles. The highest BCUT2D eigenvalue weighted by Gasteiger charge is 2.19. The normalized spacial score (nSPS) is 12.5. The van der Waals surface area contributed by atoms with E-state index in [0.717, 1.165) is 27.9 Å². The highest BCUT2D eigenvalue weighted by atomic mass is 32.1. The van der Waals surface area contributed by atoms with Crippen molar-refractivity contribution >= 4 is 81.3 Å². The van der Waals surface area contributed by atoms with E-state index in [0.29, 0.717) is 11.5 Å². The van der Waals surface area contributed by atoms with Gasteiger partial charge in [-0.2, -0.15) is 0 Å². The van der Waals surface area contributed by atoms with Crippen LogP contribution in [-0.4, -0.2) is 16.5 Å². The van der Waals surface area contributed by atoms with Crippen molar-refractivity contribution in [1.82, 2.24) is 4.98 Å². The van der Waals surface area contributed by atoms with Gasteiger partial charge < -0.3 is 4.98 Å². The van der Waals surface area contributed by atoms with Crippen molar-refractivity contribution in [3.8, 4) is 0 Å². The van der Waals surface area contributed by atoms with Crippen LogP contribution in [0.2, 0.25) is 0 Å². The van der Waals surface area contributed by atoms with Crippen molar-refractivity contribution in [1.29, 1.82) is 0 Å². The molecule has 44 heavy (non-hydrogen) atoms. The van der Waals surface area contributed by atoms with Crippen LogP contribution < -0.4 is 0 Å². The number of nitrogens with zero attached hydrogens (tertiary/aromatic N) is 2. The molecule has 3 nitrogen and oxygen atoms in total. The molecule has 8 rings (SSSR count). The molecular weight excluding hydrogens is 555 g/mol. The smallest absolute Gasteiger partial charge is 0.160 e. The highest BCUT2D eigenvalue weighted by Crippen LogP contribution is 2.46. The summed E-state index contributed by atoms with van der Waals surface area (Å²) in [5, 5.41) is 7.60. The van der Waals surface area contributed by atoms with Crippen molar-refractivity contribution in [3.63, 3.8) is 0 Å². The van der Waals surface area contributed by atoms with Gasteiger partial charge in [0.1, 0.15) is 5.70 Å². The number of aliphatic imine (C=N–C) groups is 2. The minimum atomic E-state index is 0.614. The number of thiophene rings is 1. The molecule has 0 atom stereocenters. The van der Waals surface area contributed by atoms with Gasteiger partial charge in [-0.05, 0) is 23.8 Å². The van der Waals surface area contributed by atoms with Gasteiger partial charge in [0.05, 0.1) is 15.7 Å². The average Bonchev–Trinajstić information content (AvgIpc) is 3.67. The Hall–Kier alpha value is -5.54. The Labute approximate surface area is 258 Å². The number of aromatic nitrogens is 1. The van der Waals surface area contributed by atoms with E-state index in [1.807, 2.05) is 72.0 Å². The second-order valence-corrected chi connectivity index (χ2v) is 11.9. The Balaban J connectivity index is 1.38. The van der Waals surface area contributed by atoms with Crippen molar-refractivity contribution in [2.75, 3.05) is 0 Å². The SMILES string of the molecule is C=C=C(N=C(N=C(C)c1cccc2c1[nH]c1c3sc4ccccc4c3c3ccccc3c21)c1ccccc1)c1ccccc1. The van der Waals surface area contributed by atoms with Gasteiger partial charge in [0.15, 0.2) is 5.84 Å². The molecule has 0 bridgehead atoms. The molecule has 4 heteroatoms. The van der Waals surface area contributed by atoms with E-state index >= 15 is 0 Å². The molecule has 8 aromatic rings. The fraction of sp³-hybridized carbons (Fsp3) is 0.0250. The zero-order valence-electron chi connectivity index (χ0n) is 24.1. The minimum absolute atomic E-state index is 0.614. The number of rotatable bonds is 4. The summed E-state index contributed by atoms with van der Waals surface area (Å²) in [4.78, 5) is 14.0. The standard InChI is InChI=1S/C40H27N3S/c1-3-33(26-15-6-4-7-16-26)42-40(27-17-8-5-9-18-27)41-25(2)28-22-14-23-32-35-29-19-10-11-20-30(29)36-31-21-12-13-24-34(31)44-39(36)38(35)43-37(28)32/h4-24,43H,1H2,2H3. The second kappa shape index (κ2) is 10.6. The Bertz CT molecular complexity index is 2490. The molecule has 0 radical (unpaired) electrons. The van der Waals surface area contributed by atoms with E-state index < -0.39 is 0 Å². The van der Waals surface area contributed by atoms with E-state index in [2.05, 4.69) is 90.9 Å². The number of benzene rings is 6. The summed E-state index contributed by atoms with van der Waals surface area (Å²) in [6, 6.07) is 44.1. The summed E-state index contributed by atoms with van der Waals surface area (Å²) in [5.74, 6) is 0.614. The van der Waals surface area contributed by atoms with Crippen LogP contribution in [0.3, 0.4) is 0 Å². The topological polar surface area (TPSA) is 40.5 Å². The molecule has 0 amide bonds. The van der Waals surface area contributed by atoms with E-state index in [4.69, 9.17) is 9.98 Å². The summed E-state index contributed by atoms with van der Waals surface area (Å²) >= 11 is 1.85. The van der Waals surface area contributed by atoms with Crippen LogP contribution in [0.1, 0.15) is 23.6 Å². The van der Waals surface area contributed by atoms with Crippen LogP contribution in [0.5, 0.6) is 0 Å². The molecule has 0 saturated heterocycles. The predicted molar refractivity (Wildman–Crippen MR) is 190 cm³/mol. The van der Waals surface area contributed by atoms with Gasteiger partial charge in [0.25, 0.3) is 0 Å². The third kappa shape index (κ3) is 4.20. The van der Waals surface area contributed by atoms with Crippen molar-refractivity contribution in [2.45, 2.75) is 6.92 Å². The van der Waals surface area contributed by atoms with Crippen LogP contribution in [0, 0.1) is 0 Å². The number of para-hydroxylation sites is 1. The molecule has 2 heterocycles. The third-order valence-corrected chi connectivity index (χ3v) is 9.44. The van der Waals surface area contributed by atoms with Crippen LogP contribution in [0.25, 0.3) is 58.4 Å². The molecule has 0 aliphatic heterocycles. The molecule has 208 valence electrons. The van der Waals surface area contributed by atoms with Crippen LogP contribution in [0.4, 0.5) is 0 Å². The summed E-state index contributed by atoms with van der Waals surface area (Å²) in [5.41, 5.74) is 9.73. The first kappa shape index (κ1) is 26.1. The van der Waals surface area contributed by atoms with E-state index in [9.17, 15) is 0 Å². The first-order valence-corrected chi connectivity index (χ1v) is 15.4. The largest absolute Gasteiger partial charge is 0.353 e. The summed E-state index contributed by atoms with van der Waals surface area (Å²) in [6.45, 7) is 5.99. The number of H-pyrrole nitrogens is 1. The van der Waals surface area contributed by atoms with E-state index in [1.165, 1.54) is 47.2 Å². The number of hydrogen-bond donors (Lipinski definition) is 1. The van der Waals surface area contributed by atoms with Gasteiger partial charge in [-0.1, -0.05) is 128 Å². The lowest BCUT2D eigenvalue weighted by molar-refractivity contribution is 1.44. The molecule has 0 saturated carbocycles. The predicted octanol–water partition coefficient (Wildman–Crippen LogP) is 10.9. The number of aromatic amines is 1. The Morgan fingerprint density at radius 3 is 1.95 bits per heavy atom. The van der Waals surface area contributed by atoms with Crippen molar-refractivity contribution < 1.29 is 0 Å². The first-order valence-electron chi connectivity index (χ1n) is 14.6. The van der Waals surface area contributed by atoms with Crippen molar-refractivity contribution in [3.05, 3.63) is 156 Å². The maximum Gasteiger partial charge on any atom is 0.160 e. The molecule has 1 N–H and O–H groups in total. The number of nitrogens with one attached hydrogen (secondary N) is 1. The quantitative estimate of drug-likeness (QED) is 0.122. The monoisotopic (exact) mass is 581 g/mol. The number of amidine groups is 1. The van der Waals surface area contributed by atoms with Crippen LogP contribution >= 0.6 is 11.3 Å². The van der Waals surface area contributed by atoms with Gasteiger partial charge >= 0.3 is 0 Å². The van der Waals surface area contributed by atoms with E-state index in [-0.39, 0.29) is 0 Å². The molecule has 2 aromatic heterocycles. The summed E-state index contributed by atoms with van der Waals surface area (Å²) in [7, 11) is 0. The lowest BCUT2D eigenvalue weighted by Crippen LogP contribution is -2.05. The van der Waals surface area contributed by atoms with Crippen LogP contribution in [-0.2, 0) is 0 Å². The third-order valence-electron chi connectivity index (χ3n) is 8.25. The molecule has 0 aliphatic rings. The summed E-state index contributed by atoms with van der Waals surface area (Å²) < 4.78 is 2.58. The van der Waals surface area contributed by atoms with Gasteiger partial charge in [-0.15, -0.1) is 17.1 Å². The molecule has 0 spiro atoms. The van der Waals surface area contributed by atoms with Crippen LogP contribution in [0.15, 0.2) is 150 Å². The van der Waals surface area contributed by atoms with Gasteiger partial charge in [-0.3, -0.25) is 0 Å². The minimum Gasteiger partial charge on any atom is -0.353 e. The lowest BCUT2D eigenvalue weighted by atomic mass is 9.98. The molecule has 0 unspecified atom stereocenters. The van der Waals surface area contributed by atoms with E-state index in [1.54, 1.807) is 0 Å². The molecule has 6 aromatic carbocycles. The Kier molecular flexibility index (Phi) is 6.31. The zero-order valence-corrected chi connectivity index (χ0v) is 25.0. The van der Waals surface area contributed by atoms with Gasteiger partial charge in [0.2, 0.25) is 0 Å². The van der Waals surface area contributed by atoms with Crippen molar-refractivity contribution in [2.24, 2.45) is 9.98 Å². The fourth-order valence-corrected chi connectivity index (χ4v) is 7.47. The molecular formula is C40H27N3S. The van der Waals surface area contributed by atoms with Gasteiger partial charge in [0, 0.05) is 48.6 Å². The average molecular weight is 582 g/mol. The zero-order chi connectivity index (χ0) is 29.6. The Morgan fingerprint density at radius 1 is 0.614 bits per heavy atom. The first-order chi connectivity index (χ1) is 21.7. The highest BCUT2D eigenvalue weighted by molar-refractivity contribution is 7.27. The number of hydrogen-bond acceptors (Lipinski definition) is 2. The molecule has 0 fully saturated rings. The maximum absolute atomic E-state index is 5.17. The fourth-order valence-electron chi connectivity index (χ4n) is 6.25. The summed E-state index contributed by atoms with van der Waals surface area (Å²) in [6.07, 6.45) is 0. The Morgan fingerprint density at radius 2 is 1.23 bits per heavy atom. The van der Waals surface area contributed by atoms with Gasteiger partial charge in [-0.25, -0.2) is 9.98 Å². The number of fused-ring (bicyclic) bond motifs is 10.